The van der Waals surface area contributed by atoms with Gasteiger partial charge in [-0.25, -0.2) is 4.79 Å². The van der Waals surface area contributed by atoms with Crippen molar-refractivity contribution >= 4 is 6.03 Å². The normalized spacial score (nSPS) is 16.5. The van der Waals surface area contributed by atoms with Gasteiger partial charge in [0.25, 0.3) is 0 Å². The number of carbonyl (C=O) groups excluding carboxylic acids is 1. The highest BCUT2D eigenvalue weighted by Crippen LogP contribution is 2.05. The summed E-state index contributed by atoms with van der Waals surface area (Å²) < 4.78 is 4.92. The molecule has 88 valence electrons. The number of likely N-dealkylation sites (N-methyl/N-ethyl adjacent to an activating group) is 1. The number of urea groups is 1. The number of carbonyl (C=O) groups is 1. The van der Waals surface area contributed by atoms with E-state index in [0.717, 1.165) is 45.8 Å². The van der Waals surface area contributed by atoms with Crippen LogP contribution in [0.15, 0.2) is 0 Å². The van der Waals surface area contributed by atoms with Crippen molar-refractivity contribution < 1.29 is 9.53 Å². The summed E-state index contributed by atoms with van der Waals surface area (Å²) in [6, 6.07) is 0.159. The molecule has 1 N–H and O–H groups in total. The van der Waals surface area contributed by atoms with E-state index in [2.05, 4.69) is 5.32 Å². The molecule has 0 spiro atoms. The molecule has 1 heterocycles. The average Bonchev–Trinajstić information content (AvgIpc) is 2.54. The van der Waals surface area contributed by atoms with Crippen molar-refractivity contribution in [2.75, 3.05) is 53.5 Å². The van der Waals surface area contributed by atoms with Gasteiger partial charge < -0.3 is 19.9 Å². The fourth-order valence-corrected chi connectivity index (χ4v) is 1.61. The molecule has 1 aliphatic rings. The zero-order valence-corrected chi connectivity index (χ0v) is 9.66. The van der Waals surface area contributed by atoms with E-state index in [-0.39, 0.29) is 6.03 Å². The number of nitrogens with one attached hydrogen (secondary N) is 1. The Labute approximate surface area is 91.4 Å². The second-order valence-electron chi connectivity index (χ2n) is 3.79. The average molecular weight is 215 g/mol. The van der Waals surface area contributed by atoms with Crippen LogP contribution in [0.25, 0.3) is 0 Å². The van der Waals surface area contributed by atoms with Crippen LogP contribution in [0.3, 0.4) is 0 Å². The molecule has 0 aliphatic carbocycles. The van der Waals surface area contributed by atoms with Gasteiger partial charge in [-0.15, -0.1) is 0 Å². The highest BCUT2D eigenvalue weighted by atomic mass is 16.5. The van der Waals surface area contributed by atoms with Gasteiger partial charge in [0, 0.05) is 40.3 Å². The molecule has 1 fully saturated rings. The maximum absolute atomic E-state index is 11.5. The molecule has 1 rings (SSSR count). The lowest BCUT2D eigenvalue weighted by Gasteiger charge is -2.15. The van der Waals surface area contributed by atoms with Gasteiger partial charge in [0.1, 0.15) is 0 Å². The summed E-state index contributed by atoms with van der Waals surface area (Å²) in [5, 5.41) is 3.26. The number of ether oxygens (including phenoxy) is 1. The number of methoxy groups -OCH3 is 1. The minimum atomic E-state index is 0.159. The van der Waals surface area contributed by atoms with E-state index in [4.69, 9.17) is 4.74 Å². The second-order valence-corrected chi connectivity index (χ2v) is 3.79. The summed E-state index contributed by atoms with van der Waals surface area (Å²) in [6.07, 6.45) is 1.00. The molecule has 0 aromatic heterocycles. The summed E-state index contributed by atoms with van der Waals surface area (Å²) >= 11 is 0. The lowest BCUT2D eigenvalue weighted by molar-refractivity contribution is 0.194. The Morgan fingerprint density at radius 1 is 1.40 bits per heavy atom. The lowest BCUT2D eigenvalue weighted by Crippen LogP contribution is -2.32. The van der Waals surface area contributed by atoms with Crippen LogP contribution in [-0.2, 0) is 4.74 Å². The van der Waals surface area contributed by atoms with Gasteiger partial charge in [-0.2, -0.15) is 0 Å². The molecule has 5 nitrogen and oxygen atoms in total. The standard InChI is InChI=1S/C10H21N3O2/c1-12-7-8-13(10(12)14)6-3-4-11-5-9-15-2/h11H,3-9H2,1-2H3. The molecule has 0 saturated carbocycles. The lowest BCUT2D eigenvalue weighted by atomic mass is 10.4. The van der Waals surface area contributed by atoms with E-state index in [9.17, 15) is 4.79 Å². The van der Waals surface area contributed by atoms with E-state index < -0.39 is 0 Å². The van der Waals surface area contributed by atoms with Crippen LogP contribution in [0, 0.1) is 0 Å². The van der Waals surface area contributed by atoms with Gasteiger partial charge in [0.05, 0.1) is 6.61 Å². The van der Waals surface area contributed by atoms with E-state index >= 15 is 0 Å². The number of rotatable bonds is 7. The van der Waals surface area contributed by atoms with Crippen LogP contribution in [-0.4, -0.2) is 69.3 Å². The summed E-state index contributed by atoms with van der Waals surface area (Å²) in [5.74, 6) is 0. The van der Waals surface area contributed by atoms with Crippen LogP contribution < -0.4 is 5.32 Å². The third-order valence-electron chi connectivity index (χ3n) is 2.57. The summed E-state index contributed by atoms with van der Waals surface area (Å²) in [6.45, 7) is 5.14. The molecular weight excluding hydrogens is 194 g/mol. The molecule has 0 radical (unpaired) electrons. The van der Waals surface area contributed by atoms with Gasteiger partial charge in [0.15, 0.2) is 0 Å². The molecule has 0 atom stereocenters. The molecule has 5 heteroatoms. The topological polar surface area (TPSA) is 44.8 Å². The predicted octanol–water partition coefficient (Wildman–Crippen LogP) is -0.0201. The molecule has 0 aromatic rings. The molecular formula is C10H21N3O2. The first-order valence-electron chi connectivity index (χ1n) is 5.45. The van der Waals surface area contributed by atoms with Crippen molar-refractivity contribution in [3.8, 4) is 0 Å². The Hall–Kier alpha value is -0.810. The van der Waals surface area contributed by atoms with Crippen LogP contribution >= 0.6 is 0 Å². The Kier molecular flexibility index (Phi) is 5.42. The molecule has 15 heavy (non-hydrogen) atoms. The second kappa shape index (κ2) is 6.63. The SMILES string of the molecule is COCCNCCCN1CCN(C)C1=O. The highest BCUT2D eigenvalue weighted by molar-refractivity contribution is 5.76. The van der Waals surface area contributed by atoms with E-state index in [0.29, 0.717) is 0 Å². The molecule has 1 saturated heterocycles. The van der Waals surface area contributed by atoms with Crippen molar-refractivity contribution in [1.82, 2.24) is 15.1 Å². The first-order chi connectivity index (χ1) is 7.25. The van der Waals surface area contributed by atoms with Crippen molar-refractivity contribution in [2.45, 2.75) is 6.42 Å². The quantitative estimate of drug-likeness (QED) is 0.607. The maximum Gasteiger partial charge on any atom is 0.319 e. The Bertz CT molecular complexity index is 199. The van der Waals surface area contributed by atoms with Crippen molar-refractivity contribution in [1.29, 1.82) is 0 Å². The fraction of sp³-hybridized carbons (Fsp3) is 0.900. The smallest absolute Gasteiger partial charge is 0.319 e. The zero-order valence-electron chi connectivity index (χ0n) is 9.66. The van der Waals surface area contributed by atoms with Crippen LogP contribution in [0.1, 0.15) is 6.42 Å². The molecule has 0 aromatic carbocycles. The van der Waals surface area contributed by atoms with Crippen molar-refractivity contribution in [2.24, 2.45) is 0 Å². The maximum atomic E-state index is 11.5. The van der Waals surface area contributed by atoms with Crippen molar-refractivity contribution in [3.05, 3.63) is 0 Å². The minimum absolute atomic E-state index is 0.159. The zero-order chi connectivity index (χ0) is 11.1. The van der Waals surface area contributed by atoms with E-state index in [1.165, 1.54) is 0 Å². The molecule has 1 aliphatic heterocycles. The summed E-state index contributed by atoms with van der Waals surface area (Å²) in [5.41, 5.74) is 0. The Morgan fingerprint density at radius 2 is 2.20 bits per heavy atom. The fourth-order valence-electron chi connectivity index (χ4n) is 1.61. The van der Waals surface area contributed by atoms with E-state index in [1.54, 1.807) is 12.0 Å². The highest BCUT2D eigenvalue weighted by Gasteiger charge is 2.23. The monoisotopic (exact) mass is 215 g/mol. The largest absolute Gasteiger partial charge is 0.383 e. The van der Waals surface area contributed by atoms with E-state index in [1.807, 2.05) is 11.9 Å². The van der Waals surface area contributed by atoms with Gasteiger partial charge in [-0.3, -0.25) is 0 Å². The first kappa shape index (κ1) is 12.3. The Morgan fingerprint density at radius 3 is 2.80 bits per heavy atom. The van der Waals surface area contributed by atoms with Crippen LogP contribution in [0.4, 0.5) is 4.79 Å². The minimum Gasteiger partial charge on any atom is -0.383 e. The number of hydrogen-bond donors (Lipinski definition) is 1. The Balaban J connectivity index is 1.98. The number of nitrogens with zero attached hydrogens (tertiary/aromatic N) is 2. The number of amides is 2. The van der Waals surface area contributed by atoms with Crippen molar-refractivity contribution in [3.63, 3.8) is 0 Å². The van der Waals surface area contributed by atoms with Gasteiger partial charge in [0.2, 0.25) is 0 Å². The first-order valence-corrected chi connectivity index (χ1v) is 5.45. The summed E-state index contributed by atoms with van der Waals surface area (Å²) in [7, 11) is 3.54. The predicted molar refractivity (Wildman–Crippen MR) is 59.0 cm³/mol. The molecule has 2 amide bonds. The van der Waals surface area contributed by atoms with Crippen LogP contribution in [0.2, 0.25) is 0 Å². The molecule has 0 bridgehead atoms. The molecule has 0 unspecified atom stereocenters. The number of hydrogen-bond acceptors (Lipinski definition) is 3. The van der Waals surface area contributed by atoms with Gasteiger partial charge in [-0.1, -0.05) is 0 Å². The third-order valence-corrected chi connectivity index (χ3v) is 2.57. The van der Waals surface area contributed by atoms with Gasteiger partial charge >= 0.3 is 6.03 Å². The van der Waals surface area contributed by atoms with Crippen LogP contribution in [0.5, 0.6) is 0 Å². The third kappa shape index (κ3) is 4.05. The van der Waals surface area contributed by atoms with Gasteiger partial charge in [-0.05, 0) is 13.0 Å². The summed E-state index contributed by atoms with van der Waals surface area (Å²) in [4.78, 5) is 15.1.